The van der Waals surface area contributed by atoms with Gasteiger partial charge < -0.3 is 10.3 Å². The van der Waals surface area contributed by atoms with Crippen molar-refractivity contribution in [1.29, 1.82) is 0 Å². The molecule has 1 heterocycles. The van der Waals surface area contributed by atoms with Crippen LogP contribution in [0.1, 0.15) is 16.9 Å². The monoisotopic (exact) mass is 341 g/mol. The SMILES string of the molecule is O=C(NCCCNS(=O)(=O)c1ccccc1Cl)c1ccc[nH]1. The lowest BCUT2D eigenvalue weighted by molar-refractivity contribution is 0.0949. The van der Waals surface area contributed by atoms with E-state index in [1.165, 1.54) is 12.1 Å². The second-order valence-corrected chi connectivity index (χ2v) is 6.66. The number of nitrogens with one attached hydrogen (secondary N) is 3. The number of benzene rings is 1. The van der Waals surface area contributed by atoms with Gasteiger partial charge in [-0.2, -0.15) is 0 Å². The molecule has 6 nitrogen and oxygen atoms in total. The van der Waals surface area contributed by atoms with Crippen LogP contribution in [0, 0.1) is 0 Å². The van der Waals surface area contributed by atoms with E-state index in [4.69, 9.17) is 11.6 Å². The van der Waals surface area contributed by atoms with E-state index >= 15 is 0 Å². The molecule has 3 N–H and O–H groups in total. The van der Waals surface area contributed by atoms with Crippen LogP contribution < -0.4 is 10.0 Å². The lowest BCUT2D eigenvalue weighted by atomic mass is 10.4. The maximum absolute atomic E-state index is 12.0. The van der Waals surface area contributed by atoms with Crippen LogP contribution in [0.15, 0.2) is 47.5 Å². The molecule has 0 radical (unpaired) electrons. The highest BCUT2D eigenvalue weighted by molar-refractivity contribution is 7.89. The molecule has 2 rings (SSSR count). The Balaban J connectivity index is 1.77. The molecule has 22 heavy (non-hydrogen) atoms. The summed E-state index contributed by atoms with van der Waals surface area (Å²) in [5, 5.41) is 2.87. The van der Waals surface area contributed by atoms with E-state index in [0.717, 1.165) is 0 Å². The number of carbonyl (C=O) groups excluding carboxylic acids is 1. The average Bonchev–Trinajstić information content (AvgIpc) is 3.01. The van der Waals surface area contributed by atoms with Gasteiger partial charge in [-0.3, -0.25) is 4.79 Å². The highest BCUT2D eigenvalue weighted by atomic mass is 35.5. The van der Waals surface area contributed by atoms with Gasteiger partial charge in [0.2, 0.25) is 10.0 Å². The van der Waals surface area contributed by atoms with Crippen molar-refractivity contribution in [2.75, 3.05) is 13.1 Å². The molecule has 0 atom stereocenters. The van der Waals surface area contributed by atoms with Gasteiger partial charge in [0.15, 0.2) is 0 Å². The number of H-pyrrole nitrogens is 1. The summed E-state index contributed by atoms with van der Waals surface area (Å²) in [5.41, 5.74) is 0.469. The molecule has 0 fully saturated rings. The number of sulfonamides is 1. The zero-order chi connectivity index (χ0) is 16.0. The molecule has 0 aliphatic heterocycles. The van der Waals surface area contributed by atoms with E-state index in [9.17, 15) is 13.2 Å². The summed E-state index contributed by atoms with van der Waals surface area (Å²) in [6.07, 6.45) is 2.13. The molecular weight excluding hydrogens is 326 g/mol. The smallest absolute Gasteiger partial charge is 0.267 e. The summed E-state index contributed by atoms with van der Waals surface area (Å²) in [6.45, 7) is 0.571. The first-order valence-electron chi connectivity index (χ1n) is 6.66. The Morgan fingerprint density at radius 2 is 1.91 bits per heavy atom. The van der Waals surface area contributed by atoms with Crippen LogP contribution in [-0.4, -0.2) is 32.4 Å². The molecule has 118 valence electrons. The van der Waals surface area contributed by atoms with Gasteiger partial charge in [0.05, 0.1) is 5.02 Å². The Bertz CT molecular complexity index is 730. The quantitative estimate of drug-likeness (QED) is 0.670. The van der Waals surface area contributed by atoms with Crippen LogP contribution >= 0.6 is 11.6 Å². The molecule has 0 aliphatic rings. The molecule has 0 spiro atoms. The van der Waals surface area contributed by atoms with Crippen molar-refractivity contribution in [2.45, 2.75) is 11.3 Å². The van der Waals surface area contributed by atoms with Crippen LogP contribution in [0.3, 0.4) is 0 Å². The fourth-order valence-corrected chi connectivity index (χ4v) is 3.40. The summed E-state index contributed by atoms with van der Waals surface area (Å²) >= 11 is 5.87. The minimum Gasteiger partial charge on any atom is -0.357 e. The summed E-state index contributed by atoms with van der Waals surface area (Å²) in [4.78, 5) is 14.5. The van der Waals surface area contributed by atoms with Crippen LogP contribution in [0.4, 0.5) is 0 Å². The number of rotatable bonds is 7. The number of halogens is 1. The Labute approximate surface area is 133 Å². The first kappa shape index (κ1) is 16.5. The molecule has 1 amide bonds. The fourth-order valence-electron chi connectivity index (χ4n) is 1.80. The number of aromatic nitrogens is 1. The third-order valence-corrected chi connectivity index (χ3v) is 4.86. The van der Waals surface area contributed by atoms with Gasteiger partial charge in [-0.15, -0.1) is 0 Å². The highest BCUT2D eigenvalue weighted by Gasteiger charge is 2.16. The van der Waals surface area contributed by atoms with Gasteiger partial charge in [-0.25, -0.2) is 13.1 Å². The lowest BCUT2D eigenvalue weighted by Gasteiger charge is -2.08. The van der Waals surface area contributed by atoms with Crippen molar-refractivity contribution < 1.29 is 13.2 Å². The van der Waals surface area contributed by atoms with E-state index in [-0.39, 0.29) is 22.4 Å². The van der Waals surface area contributed by atoms with Gasteiger partial charge in [0.1, 0.15) is 10.6 Å². The highest BCUT2D eigenvalue weighted by Crippen LogP contribution is 2.19. The van der Waals surface area contributed by atoms with Crippen LogP contribution in [0.2, 0.25) is 5.02 Å². The molecule has 8 heteroatoms. The minimum absolute atomic E-state index is 0.0482. The van der Waals surface area contributed by atoms with E-state index < -0.39 is 10.0 Å². The third kappa shape index (κ3) is 4.33. The van der Waals surface area contributed by atoms with Crippen molar-refractivity contribution in [3.8, 4) is 0 Å². The summed E-state index contributed by atoms with van der Waals surface area (Å²) in [6, 6.07) is 9.63. The number of amides is 1. The van der Waals surface area contributed by atoms with Crippen molar-refractivity contribution >= 4 is 27.5 Å². The van der Waals surface area contributed by atoms with Gasteiger partial charge >= 0.3 is 0 Å². The molecule has 0 aliphatic carbocycles. The number of hydrogen-bond donors (Lipinski definition) is 3. The molecule has 0 unspecified atom stereocenters. The second-order valence-electron chi connectivity index (χ2n) is 4.52. The number of hydrogen-bond acceptors (Lipinski definition) is 3. The second kappa shape index (κ2) is 7.44. The van der Waals surface area contributed by atoms with Crippen molar-refractivity contribution in [3.05, 3.63) is 53.3 Å². The Hall–Kier alpha value is -1.83. The molecular formula is C14H16ClN3O3S. The van der Waals surface area contributed by atoms with Crippen molar-refractivity contribution in [2.24, 2.45) is 0 Å². The molecule has 1 aromatic carbocycles. The predicted molar refractivity (Wildman–Crippen MR) is 84.4 cm³/mol. The van der Waals surface area contributed by atoms with E-state index in [0.29, 0.717) is 18.7 Å². The van der Waals surface area contributed by atoms with Gasteiger partial charge in [-0.1, -0.05) is 23.7 Å². The molecule has 2 aromatic rings. The standard InChI is InChI=1S/C14H16ClN3O3S/c15-11-5-1-2-7-13(11)22(20,21)18-10-4-9-17-14(19)12-6-3-8-16-12/h1-3,5-8,16,18H,4,9-10H2,(H,17,19). The summed E-state index contributed by atoms with van der Waals surface area (Å²) in [7, 11) is -3.64. The third-order valence-electron chi connectivity index (χ3n) is 2.90. The average molecular weight is 342 g/mol. The van der Waals surface area contributed by atoms with Crippen LogP contribution in [0.25, 0.3) is 0 Å². The minimum atomic E-state index is -3.64. The Morgan fingerprint density at radius 3 is 2.59 bits per heavy atom. The van der Waals surface area contributed by atoms with Gasteiger partial charge in [0, 0.05) is 19.3 Å². The summed E-state index contributed by atoms with van der Waals surface area (Å²) in [5.74, 6) is -0.223. The Morgan fingerprint density at radius 1 is 1.14 bits per heavy atom. The zero-order valence-corrected chi connectivity index (χ0v) is 13.2. The van der Waals surface area contributed by atoms with E-state index in [1.54, 1.807) is 30.5 Å². The number of carbonyl (C=O) groups is 1. The maximum Gasteiger partial charge on any atom is 0.267 e. The van der Waals surface area contributed by atoms with E-state index in [1.807, 2.05) is 0 Å². The maximum atomic E-state index is 12.0. The Kier molecular flexibility index (Phi) is 5.59. The molecule has 0 saturated carbocycles. The molecule has 1 aromatic heterocycles. The zero-order valence-electron chi connectivity index (χ0n) is 11.7. The first-order valence-corrected chi connectivity index (χ1v) is 8.52. The lowest BCUT2D eigenvalue weighted by Crippen LogP contribution is -2.30. The summed E-state index contributed by atoms with van der Waals surface area (Å²) < 4.78 is 26.6. The molecule has 0 saturated heterocycles. The predicted octanol–water partition coefficient (Wildman–Crippen LogP) is 1.77. The normalized spacial score (nSPS) is 11.3. The van der Waals surface area contributed by atoms with Crippen molar-refractivity contribution in [1.82, 2.24) is 15.0 Å². The van der Waals surface area contributed by atoms with Crippen LogP contribution in [0.5, 0.6) is 0 Å². The fraction of sp³-hybridized carbons (Fsp3) is 0.214. The largest absolute Gasteiger partial charge is 0.357 e. The van der Waals surface area contributed by atoms with Gasteiger partial charge in [-0.05, 0) is 30.7 Å². The number of aromatic amines is 1. The molecule has 0 bridgehead atoms. The first-order chi connectivity index (χ1) is 10.5. The van der Waals surface area contributed by atoms with Crippen molar-refractivity contribution in [3.63, 3.8) is 0 Å². The van der Waals surface area contributed by atoms with E-state index in [2.05, 4.69) is 15.0 Å². The topological polar surface area (TPSA) is 91.1 Å². The van der Waals surface area contributed by atoms with Gasteiger partial charge in [0.25, 0.3) is 5.91 Å². The van der Waals surface area contributed by atoms with Crippen LogP contribution in [-0.2, 0) is 10.0 Å².